The number of hydrogen-bond donors (Lipinski definition) is 1. The van der Waals surface area contributed by atoms with Gasteiger partial charge in [0.25, 0.3) is 5.91 Å². The van der Waals surface area contributed by atoms with Crippen molar-refractivity contribution < 1.29 is 9.53 Å². The molecule has 3 aromatic heterocycles. The van der Waals surface area contributed by atoms with E-state index in [0.717, 1.165) is 40.4 Å². The standard InChI is InChI=1S/C19H25N5O2S/c1-13-17-14(19(25)20-7-8-23(2)9-10-26-4)12-15(16-6-5-11-27-16)21-18(17)24(3)22-13/h5-6,11-12H,7-10H2,1-4H3,(H,20,25). The average molecular weight is 388 g/mol. The van der Waals surface area contributed by atoms with Gasteiger partial charge in [-0.2, -0.15) is 5.10 Å². The highest BCUT2D eigenvalue weighted by Crippen LogP contribution is 2.29. The topological polar surface area (TPSA) is 72.3 Å². The third kappa shape index (κ3) is 4.35. The molecule has 0 aliphatic rings. The number of ether oxygens (including phenoxy) is 1. The molecule has 0 fully saturated rings. The number of fused-ring (bicyclic) bond motifs is 1. The highest BCUT2D eigenvalue weighted by molar-refractivity contribution is 7.13. The Morgan fingerprint density at radius 2 is 2.22 bits per heavy atom. The lowest BCUT2D eigenvalue weighted by Crippen LogP contribution is -2.34. The van der Waals surface area contributed by atoms with Gasteiger partial charge in [0.2, 0.25) is 0 Å². The highest BCUT2D eigenvalue weighted by atomic mass is 32.1. The van der Waals surface area contributed by atoms with Crippen LogP contribution < -0.4 is 5.32 Å². The Kier molecular flexibility index (Phi) is 6.20. The number of nitrogens with zero attached hydrogens (tertiary/aromatic N) is 4. The predicted molar refractivity (Wildman–Crippen MR) is 108 cm³/mol. The van der Waals surface area contributed by atoms with Crippen molar-refractivity contribution in [1.29, 1.82) is 0 Å². The van der Waals surface area contributed by atoms with E-state index in [2.05, 4.69) is 15.3 Å². The Hall–Kier alpha value is -2.29. The van der Waals surface area contributed by atoms with Crippen LogP contribution in [0.2, 0.25) is 0 Å². The summed E-state index contributed by atoms with van der Waals surface area (Å²) in [6.07, 6.45) is 0. The predicted octanol–water partition coefficient (Wildman–Crippen LogP) is 2.31. The number of rotatable bonds is 8. The Morgan fingerprint density at radius 3 is 2.93 bits per heavy atom. The SMILES string of the molecule is COCCN(C)CCNC(=O)c1cc(-c2cccs2)nc2c1c(C)nn2C. The lowest BCUT2D eigenvalue weighted by atomic mass is 10.1. The third-order valence-electron chi connectivity index (χ3n) is 4.44. The maximum atomic E-state index is 12.9. The summed E-state index contributed by atoms with van der Waals surface area (Å²) < 4.78 is 6.81. The van der Waals surface area contributed by atoms with E-state index in [1.807, 2.05) is 44.6 Å². The summed E-state index contributed by atoms with van der Waals surface area (Å²) in [5.74, 6) is -0.101. The maximum absolute atomic E-state index is 12.9. The molecule has 0 saturated carbocycles. The van der Waals surface area contributed by atoms with Crippen LogP contribution in [0.25, 0.3) is 21.6 Å². The lowest BCUT2D eigenvalue weighted by Gasteiger charge is -2.16. The van der Waals surface area contributed by atoms with Crippen LogP contribution in [0.1, 0.15) is 16.1 Å². The van der Waals surface area contributed by atoms with Crippen molar-refractivity contribution in [3.8, 4) is 10.6 Å². The largest absolute Gasteiger partial charge is 0.383 e. The summed E-state index contributed by atoms with van der Waals surface area (Å²) in [6.45, 7) is 4.73. The molecule has 0 unspecified atom stereocenters. The number of carbonyl (C=O) groups is 1. The molecule has 3 heterocycles. The number of nitrogens with one attached hydrogen (secondary N) is 1. The van der Waals surface area contributed by atoms with Crippen molar-refractivity contribution in [3.05, 3.63) is 34.8 Å². The summed E-state index contributed by atoms with van der Waals surface area (Å²) in [5.41, 5.74) is 2.94. The van der Waals surface area contributed by atoms with Crippen LogP contribution in [-0.2, 0) is 11.8 Å². The van der Waals surface area contributed by atoms with Gasteiger partial charge in [0.05, 0.1) is 33.8 Å². The molecule has 0 atom stereocenters. The van der Waals surface area contributed by atoms with E-state index in [4.69, 9.17) is 9.72 Å². The number of thiophene rings is 1. The van der Waals surface area contributed by atoms with E-state index >= 15 is 0 Å². The fourth-order valence-corrected chi connectivity index (χ4v) is 3.68. The van der Waals surface area contributed by atoms with Crippen LogP contribution in [0.3, 0.4) is 0 Å². The Labute approximate surface area is 163 Å². The second-order valence-corrected chi connectivity index (χ2v) is 7.44. The van der Waals surface area contributed by atoms with E-state index in [1.54, 1.807) is 23.1 Å². The summed E-state index contributed by atoms with van der Waals surface area (Å²) >= 11 is 1.60. The Morgan fingerprint density at radius 1 is 1.41 bits per heavy atom. The molecule has 0 bridgehead atoms. The van der Waals surface area contributed by atoms with Gasteiger partial charge < -0.3 is 15.0 Å². The molecule has 8 heteroatoms. The van der Waals surface area contributed by atoms with Gasteiger partial charge in [-0.3, -0.25) is 9.48 Å². The van der Waals surface area contributed by atoms with Crippen LogP contribution in [0.5, 0.6) is 0 Å². The van der Waals surface area contributed by atoms with Crippen molar-refractivity contribution in [2.45, 2.75) is 6.92 Å². The minimum atomic E-state index is -0.101. The van der Waals surface area contributed by atoms with Crippen LogP contribution in [0.15, 0.2) is 23.6 Å². The van der Waals surface area contributed by atoms with E-state index < -0.39 is 0 Å². The number of likely N-dealkylation sites (N-methyl/N-ethyl adjacent to an activating group) is 1. The number of aryl methyl sites for hydroxylation is 2. The summed E-state index contributed by atoms with van der Waals surface area (Å²) in [5, 5.41) is 10.3. The van der Waals surface area contributed by atoms with Crippen LogP contribution >= 0.6 is 11.3 Å². The van der Waals surface area contributed by atoms with E-state index in [0.29, 0.717) is 18.7 Å². The quantitative estimate of drug-likeness (QED) is 0.642. The molecule has 0 aliphatic heterocycles. The minimum Gasteiger partial charge on any atom is -0.383 e. The van der Waals surface area contributed by atoms with E-state index in [9.17, 15) is 4.79 Å². The van der Waals surface area contributed by atoms with Gasteiger partial charge >= 0.3 is 0 Å². The molecule has 0 aliphatic carbocycles. The van der Waals surface area contributed by atoms with E-state index in [1.165, 1.54) is 0 Å². The zero-order valence-electron chi connectivity index (χ0n) is 16.2. The summed E-state index contributed by atoms with van der Waals surface area (Å²) in [6, 6.07) is 5.86. The molecule has 1 amide bonds. The number of carbonyl (C=O) groups excluding carboxylic acids is 1. The molecule has 144 valence electrons. The number of hydrogen-bond acceptors (Lipinski definition) is 6. The second kappa shape index (κ2) is 8.60. The molecule has 3 rings (SSSR count). The Bertz CT molecular complexity index is 920. The van der Waals surface area contributed by atoms with Crippen LogP contribution in [-0.4, -0.2) is 66.0 Å². The van der Waals surface area contributed by atoms with E-state index in [-0.39, 0.29) is 5.91 Å². The van der Waals surface area contributed by atoms with Crippen molar-refractivity contribution in [3.63, 3.8) is 0 Å². The maximum Gasteiger partial charge on any atom is 0.252 e. The summed E-state index contributed by atoms with van der Waals surface area (Å²) in [7, 11) is 5.55. The third-order valence-corrected chi connectivity index (χ3v) is 5.34. The van der Waals surface area contributed by atoms with Gasteiger partial charge in [-0.25, -0.2) is 4.98 Å². The number of pyridine rings is 1. The normalized spacial score (nSPS) is 11.4. The molecule has 1 N–H and O–H groups in total. The number of amides is 1. The zero-order valence-corrected chi connectivity index (χ0v) is 17.0. The minimum absolute atomic E-state index is 0.101. The first-order valence-corrected chi connectivity index (χ1v) is 9.73. The molecule has 0 saturated heterocycles. The molecular formula is C19H25N5O2S. The van der Waals surface area contributed by atoms with Crippen molar-refractivity contribution in [2.24, 2.45) is 7.05 Å². The first-order valence-electron chi connectivity index (χ1n) is 8.85. The van der Waals surface area contributed by atoms with Gasteiger partial charge in [-0.1, -0.05) is 6.07 Å². The first-order chi connectivity index (χ1) is 13.0. The fraction of sp³-hybridized carbons (Fsp3) is 0.421. The highest BCUT2D eigenvalue weighted by Gasteiger charge is 2.19. The van der Waals surface area contributed by atoms with Gasteiger partial charge in [0, 0.05) is 33.8 Å². The molecule has 0 radical (unpaired) electrons. The zero-order chi connectivity index (χ0) is 19.4. The summed E-state index contributed by atoms with van der Waals surface area (Å²) in [4.78, 5) is 20.8. The van der Waals surface area contributed by atoms with Gasteiger partial charge in [-0.15, -0.1) is 11.3 Å². The Balaban J connectivity index is 1.85. The monoisotopic (exact) mass is 387 g/mol. The number of methoxy groups -OCH3 is 1. The van der Waals surface area contributed by atoms with Crippen LogP contribution in [0, 0.1) is 6.92 Å². The van der Waals surface area contributed by atoms with Gasteiger partial charge in [0.15, 0.2) is 5.65 Å². The van der Waals surface area contributed by atoms with Gasteiger partial charge in [-0.05, 0) is 31.5 Å². The second-order valence-electron chi connectivity index (χ2n) is 6.49. The van der Waals surface area contributed by atoms with Crippen LogP contribution in [0.4, 0.5) is 0 Å². The fourth-order valence-electron chi connectivity index (χ4n) is 2.99. The smallest absolute Gasteiger partial charge is 0.252 e. The number of aromatic nitrogens is 3. The first kappa shape index (κ1) is 19.5. The molecule has 3 aromatic rings. The van der Waals surface area contributed by atoms with Crippen molar-refractivity contribution in [2.75, 3.05) is 40.4 Å². The van der Waals surface area contributed by atoms with Crippen molar-refractivity contribution >= 4 is 28.3 Å². The molecule has 27 heavy (non-hydrogen) atoms. The molecule has 0 spiro atoms. The van der Waals surface area contributed by atoms with Crippen molar-refractivity contribution in [1.82, 2.24) is 25.0 Å². The molecule has 0 aromatic carbocycles. The van der Waals surface area contributed by atoms with Gasteiger partial charge in [0.1, 0.15) is 0 Å². The molecule has 7 nitrogen and oxygen atoms in total. The molecular weight excluding hydrogens is 362 g/mol. The lowest BCUT2D eigenvalue weighted by molar-refractivity contribution is 0.0949. The average Bonchev–Trinajstić information content (AvgIpc) is 3.28.